The van der Waals surface area contributed by atoms with E-state index in [1.54, 1.807) is 17.0 Å². The van der Waals surface area contributed by atoms with Crippen molar-refractivity contribution in [2.45, 2.75) is 34.1 Å². The number of hydrogen-bond acceptors (Lipinski definition) is 3. The molecule has 1 aliphatic rings. The van der Waals surface area contributed by atoms with Crippen molar-refractivity contribution in [2.75, 3.05) is 23.4 Å². The second kappa shape index (κ2) is 7.43. The number of benzene rings is 2. The molecule has 0 saturated carbocycles. The van der Waals surface area contributed by atoms with Crippen molar-refractivity contribution in [1.82, 2.24) is 0 Å². The summed E-state index contributed by atoms with van der Waals surface area (Å²) >= 11 is 0. The highest BCUT2D eigenvalue weighted by Crippen LogP contribution is 2.38. The first kappa shape index (κ1) is 19.0. The molecule has 0 radical (unpaired) electrons. The first-order valence-electron chi connectivity index (χ1n) is 9.29. The minimum atomic E-state index is -0.598. The fourth-order valence-corrected chi connectivity index (χ4v) is 3.20. The zero-order valence-corrected chi connectivity index (χ0v) is 16.3. The summed E-state index contributed by atoms with van der Waals surface area (Å²) in [7, 11) is 0. The first-order chi connectivity index (χ1) is 12.8. The lowest BCUT2D eigenvalue weighted by Gasteiger charge is -2.27. The molecule has 2 amide bonds. The molecule has 2 aromatic carbocycles. The van der Waals surface area contributed by atoms with Crippen LogP contribution in [0.3, 0.4) is 0 Å². The number of rotatable bonds is 4. The Balaban J connectivity index is 1.90. The monoisotopic (exact) mass is 366 g/mol. The van der Waals surface area contributed by atoms with Crippen LogP contribution in [0.5, 0.6) is 5.75 Å². The Bertz CT molecular complexity index is 874. The summed E-state index contributed by atoms with van der Waals surface area (Å²) in [6.07, 6.45) is 0.854. The van der Waals surface area contributed by atoms with Crippen LogP contribution < -0.4 is 15.0 Å². The fourth-order valence-electron chi connectivity index (χ4n) is 3.20. The number of aryl methyl sites for hydroxylation is 1. The molecule has 1 heterocycles. The predicted octanol–water partition coefficient (Wildman–Crippen LogP) is 4.41. The maximum absolute atomic E-state index is 12.9. The number of hydrogen-bond donors (Lipinski definition) is 1. The molecule has 27 heavy (non-hydrogen) atoms. The van der Waals surface area contributed by atoms with Gasteiger partial charge < -0.3 is 15.0 Å². The topological polar surface area (TPSA) is 58.6 Å². The van der Waals surface area contributed by atoms with Crippen molar-refractivity contribution in [3.63, 3.8) is 0 Å². The number of fused-ring (bicyclic) bond motifs is 1. The lowest BCUT2D eigenvalue weighted by molar-refractivity contribution is -0.127. The summed E-state index contributed by atoms with van der Waals surface area (Å²) in [4.78, 5) is 27.2. The molecule has 0 saturated heterocycles. The number of carbonyl (C=O) groups is 2. The molecule has 2 aromatic rings. The SMILES string of the molecule is CCCN1C(=O)C(C)(C)COc2cc(NC(=O)c3ccccc3C)ccc21. The highest BCUT2D eigenvalue weighted by atomic mass is 16.5. The number of anilines is 2. The molecule has 3 rings (SSSR count). The number of carbonyl (C=O) groups excluding carboxylic acids is 2. The molecule has 1 aliphatic heterocycles. The van der Waals surface area contributed by atoms with Crippen LogP contribution in [0.1, 0.15) is 43.1 Å². The molecule has 0 aromatic heterocycles. The van der Waals surface area contributed by atoms with Crippen LogP contribution in [-0.4, -0.2) is 25.0 Å². The quantitative estimate of drug-likeness (QED) is 0.872. The lowest BCUT2D eigenvalue weighted by atomic mass is 9.93. The smallest absolute Gasteiger partial charge is 0.255 e. The summed E-state index contributed by atoms with van der Waals surface area (Å²) in [5, 5.41) is 2.93. The van der Waals surface area contributed by atoms with Crippen molar-refractivity contribution < 1.29 is 14.3 Å². The van der Waals surface area contributed by atoms with Gasteiger partial charge >= 0.3 is 0 Å². The predicted molar refractivity (Wildman–Crippen MR) is 107 cm³/mol. The minimum absolute atomic E-state index is 0.0554. The van der Waals surface area contributed by atoms with E-state index in [4.69, 9.17) is 4.74 Å². The van der Waals surface area contributed by atoms with Crippen LogP contribution in [0, 0.1) is 12.3 Å². The summed E-state index contributed by atoms with van der Waals surface area (Å²) in [5.74, 6) is 0.508. The van der Waals surface area contributed by atoms with Gasteiger partial charge in [0.15, 0.2) is 0 Å². The van der Waals surface area contributed by atoms with Gasteiger partial charge in [0.05, 0.1) is 11.1 Å². The molecule has 0 fully saturated rings. The van der Waals surface area contributed by atoms with Crippen molar-refractivity contribution in [1.29, 1.82) is 0 Å². The Hall–Kier alpha value is -2.82. The van der Waals surface area contributed by atoms with Gasteiger partial charge in [0.25, 0.3) is 5.91 Å². The molecule has 0 bridgehead atoms. The molecule has 0 atom stereocenters. The molecular formula is C22H26N2O3. The second-order valence-electron chi connectivity index (χ2n) is 7.58. The number of nitrogens with zero attached hydrogens (tertiary/aromatic N) is 1. The highest BCUT2D eigenvalue weighted by molar-refractivity contribution is 6.06. The van der Waals surface area contributed by atoms with Crippen molar-refractivity contribution >= 4 is 23.2 Å². The Labute approximate surface area is 160 Å². The summed E-state index contributed by atoms with van der Waals surface area (Å²) in [6, 6.07) is 12.9. The number of amides is 2. The summed E-state index contributed by atoms with van der Waals surface area (Å²) in [5.41, 5.74) is 2.35. The Morgan fingerprint density at radius 1 is 1.22 bits per heavy atom. The van der Waals surface area contributed by atoms with Crippen molar-refractivity contribution in [3.05, 3.63) is 53.6 Å². The maximum atomic E-state index is 12.9. The van der Waals surface area contributed by atoms with E-state index in [0.717, 1.165) is 17.7 Å². The molecule has 0 aliphatic carbocycles. The number of nitrogens with one attached hydrogen (secondary N) is 1. The molecule has 142 valence electrons. The van der Waals surface area contributed by atoms with Crippen LogP contribution >= 0.6 is 0 Å². The van der Waals surface area contributed by atoms with Gasteiger partial charge in [0.2, 0.25) is 5.91 Å². The molecule has 1 N–H and O–H groups in total. The summed E-state index contributed by atoms with van der Waals surface area (Å²) in [6.45, 7) is 8.67. The van der Waals surface area contributed by atoms with E-state index in [2.05, 4.69) is 5.32 Å². The van der Waals surface area contributed by atoms with Gasteiger partial charge in [-0.3, -0.25) is 9.59 Å². The third kappa shape index (κ3) is 3.82. The lowest BCUT2D eigenvalue weighted by Crippen LogP contribution is -2.42. The van der Waals surface area contributed by atoms with E-state index in [-0.39, 0.29) is 11.8 Å². The Morgan fingerprint density at radius 3 is 2.67 bits per heavy atom. The fraction of sp³-hybridized carbons (Fsp3) is 0.364. The Kier molecular flexibility index (Phi) is 5.22. The van der Waals surface area contributed by atoms with Crippen molar-refractivity contribution in [2.24, 2.45) is 5.41 Å². The van der Waals surface area contributed by atoms with E-state index in [1.807, 2.05) is 58.0 Å². The van der Waals surface area contributed by atoms with Crippen LogP contribution in [0.15, 0.2) is 42.5 Å². The van der Waals surface area contributed by atoms with Gasteiger partial charge in [-0.25, -0.2) is 0 Å². The maximum Gasteiger partial charge on any atom is 0.255 e. The molecular weight excluding hydrogens is 340 g/mol. The van der Waals surface area contributed by atoms with Gasteiger partial charge in [-0.05, 0) is 51.0 Å². The third-order valence-electron chi connectivity index (χ3n) is 4.76. The largest absolute Gasteiger partial charge is 0.490 e. The van der Waals surface area contributed by atoms with Crippen LogP contribution in [0.2, 0.25) is 0 Å². The summed E-state index contributed by atoms with van der Waals surface area (Å²) < 4.78 is 5.95. The van der Waals surface area contributed by atoms with Crippen LogP contribution in [0.25, 0.3) is 0 Å². The van der Waals surface area contributed by atoms with E-state index in [1.165, 1.54) is 0 Å². The molecule has 5 nitrogen and oxygen atoms in total. The van der Waals surface area contributed by atoms with Gasteiger partial charge in [0, 0.05) is 23.9 Å². The highest BCUT2D eigenvalue weighted by Gasteiger charge is 2.37. The van der Waals surface area contributed by atoms with Gasteiger partial charge in [-0.2, -0.15) is 0 Å². The van der Waals surface area contributed by atoms with Gasteiger partial charge in [-0.1, -0.05) is 25.1 Å². The van der Waals surface area contributed by atoms with Crippen LogP contribution in [-0.2, 0) is 4.79 Å². The third-order valence-corrected chi connectivity index (χ3v) is 4.76. The normalized spacial score (nSPS) is 15.6. The van der Waals surface area contributed by atoms with Gasteiger partial charge in [-0.15, -0.1) is 0 Å². The average molecular weight is 366 g/mol. The average Bonchev–Trinajstić information content (AvgIpc) is 2.72. The van der Waals surface area contributed by atoms with E-state index in [0.29, 0.717) is 30.2 Å². The molecule has 0 unspecified atom stereocenters. The van der Waals surface area contributed by atoms with Gasteiger partial charge in [0.1, 0.15) is 12.4 Å². The van der Waals surface area contributed by atoms with E-state index in [9.17, 15) is 9.59 Å². The van der Waals surface area contributed by atoms with E-state index >= 15 is 0 Å². The molecule has 5 heteroatoms. The second-order valence-corrected chi connectivity index (χ2v) is 7.58. The standard InChI is InChI=1S/C22H26N2O3/c1-5-12-24-18-11-10-16(13-19(18)27-14-22(3,4)21(24)26)23-20(25)17-9-7-6-8-15(17)2/h6-11,13H,5,12,14H2,1-4H3,(H,23,25). The number of ether oxygens (including phenoxy) is 1. The Morgan fingerprint density at radius 2 is 1.96 bits per heavy atom. The van der Waals surface area contributed by atoms with Crippen molar-refractivity contribution in [3.8, 4) is 5.75 Å². The van der Waals surface area contributed by atoms with E-state index < -0.39 is 5.41 Å². The molecule has 0 spiro atoms. The zero-order valence-electron chi connectivity index (χ0n) is 16.3. The van der Waals surface area contributed by atoms with Crippen LogP contribution in [0.4, 0.5) is 11.4 Å². The first-order valence-corrected chi connectivity index (χ1v) is 9.29. The minimum Gasteiger partial charge on any atom is -0.490 e. The zero-order chi connectivity index (χ0) is 19.6.